The second kappa shape index (κ2) is 8.04. The molecule has 1 saturated heterocycles. The van der Waals surface area contributed by atoms with Crippen LogP contribution in [-0.4, -0.2) is 41.5 Å². The number of benzene rings is 1. The number of aromatic nitrogens is 1. The fourth-order valence-corrected chi connectivity index (χ4v) is 3.53. The lowest BCUT2D eigenvalue weighted by atomic mass is 9.94. The maximum absolute atomic E-state index is 13.0. The van der Waals surface area contributed by atoms with Crippen LogP contribution in [0.4, 0.5) is 0 Å². The number of nitrogens with zero attached hydrogens (tertiary/aromatic N) is 3. The summed E-state index contributed by atoms with van der Waals surface area (Å²) in [6.07, 6.45) is 3.16. The molecule has 5 heteroatoms. The minimum absolute atomic E-state index is 0.0496. The van der Waals surface area contributed by atoms with Gasteiger partial charge < -0.3 is 14.3 Å². The van der Waals surface area contributed by atoms with E-state index >= 15 is 0 Å². The predicted octanol–water partition coefficient (Wildman–Crippen LogP) is 4.23. The fraction of sp³-hybridized carbons (Fsp3) is 0.524. The number of hydrogen-bond donors (Lipinski definition) is 0. The highest BCUT2D eigenvalue weighted by Gasteiger charge is 2.31. The van der Waals surface area contributed by atoms with Crippen molar-refractivity contribution in [3.05, 3.63) is 52.9 Å². The van der Waals surface area contributed by atoms with Gasteiger partial charge in [-0.2, -0.15) is 0 Å². The lowest BCUT2D eigenvalue weighted by Crippen LogP contribution is -2.38. The van der Waals surface area contributed by atoms with Gasteiger partial charge in [-0.3, -0.25) is 4.79 Å². The van der Waals surface area contributed by atoms with E-state index in [2.05, 4.69) is 48.4 Å². The van der Waals surface area contributed by atoms with Crippen molar-refractivity contribution in [3.63, 3.8) is 0 Å². The summed E-state index contributed by atoms with van der Waals surface area (Å²) in [6, 6.07) is 10.6. The van der Waals surface area contributed by atoms with Crippen LogP contribution in [-0.2, 0) is 6.54 Å². The molecule has 1 aliphatic heterocycles. The molecule has 0 spiro atoms. The number of likely N-dealkylation sites (tertiary alicyclic amines) is 1. The molecule has 1 atom stereocenters. The van der Waals surface area contributed by atoms with E-state index in [-0.39, 0.29) is 17.9 Å². The summed E-state index contributed by atoms with van der Waals surface area (Å²) in [5.74, 6) is 0.554. The van der Waals surface area contributed by atoms with Gasteiger partial charge in [-0.05, 0) is 50.4 Å². The first-order valence-electron chi connectivity index (χ1n) is 9.47. The van der Waals surface area contributed by atoms with Crippen LogP contribution < -0.4 is 0 Å². The second-order valence-electron chi connectivity index (χ2n) is 7.76. The number of carbonyl (C=O) groups is 1. The quantitative estimate of drug-likeness (QED) is 0.805. The molecule has 2 heterocycles. The second-order valence-corrected chi connectivity index (χ2v) is 7.76. The first-order chi connectivity index (χ1) is 12.5. The molecule has 5 nitrogen and oxygen atoms in total. The molecular weight excluding hydrogens is 326 g/mol. The van der Waals surface area contributed by atoms with Crippen LogP contribution in [0.25, 0.3) is 0 Å². The SMILES string of the molecule is CC(C)c1cc(C(=O)N2CCCC[C@@H]2c2ccc(CN(C)C)cc2)on1. The Hall–Kier alpha value is -2.14. The number of hydrogen-bond acceptors (Lipinski definition) is 4. The average Bonchev–Trinajstić information content (AvgIpc) is 3.12. The van der Waals surface area contributed by atoms with Crippen LogP contribution in [0.5, 0.6) is 0 Å². The van der Waals surface area contributed by atoms with E-state index in [0.717, 1.165) is 38.0 Å². The molecule has 2 aromatic rings. The molecule has 1 amide bonds. The highest BCUT2D eigenvalue weighted by atomic mass is 16.5. The van der Waals surface area contributed by atoms with Crippen LogP contribution in [0, 0.1) is 0 Å². The predicted molar refractivity (Wildman–Crippen MR) is 102 cm³/mol. The van der Waals surface area contributed by atoms with Gasteiger partial charge in [-0.15, -0.1) is 0 Å². The fourth-order valence-electron chi connectivity index (χ4n) is 3.53. The van der Waals surface area contributed by atoms with Crippen molar-refractivity contribution in [1.82, 2.24) is 15.0 Å². The molecule has 1 aliphatic rings. The standard InChI is InChI=1S/C21H29N3O2/c1-15(2)18-13-20(26-22-18)21(25)24-12-6-5-7-19(24)17-10-8-16(9-11-17)14-23(3)4/h8-11,13,15,19H,5-7,12,14H2,1-4H3/t19-/m1/s1. The van der Waals surface area contributed by atoms with Crippen molar-refractivity contribution in [2.75, 3.05) is 20.6 Å². The highest BCUT2D eigenvalue weighted by molar-refractivity contribution is 5.91. The monoisotopic (exact) mass is 355 g/mol. The molecule has 1 aromatic carbocycles. The van der Waals surface area contributed by atoms with Crippen molar-refractivity contribution in [2.24, 2.45) is 0 Å². The third-order valence-electron chi connectivity index (χ3n) is 4.96. The number of amides is 1. The largest absolute Gasteiger partial charge is 0.351 e. The van der Waals surface area contributed by atoms with Gasteiger partial charge in [0.2, 0.25) is 5.76 Å². The Morgan fingerprint density at radius 2 is 2.00 bits per heavy atom. The summed E-state index contributed by atoms with van der Waals surface area (Å²) in [5.41, 5.74) is 3.31. The van der Waals surface area contributed by atoms with E-state index in [0.29, 0.717) is 5.76 Å². The molecule has 26 heavy (non-hydrogen) atoms. The molecule has 3 rings (SSSR count). The van der Waals surface area contributed by atoms with Gasteiger partial charge in [0.1, 0.15) is 0 Å². The van der Waals surface area contributed by atoms with Gasteiger partial charge >= 0.3 is 0 Å². The summed E-state index contributed by atoms with van der Waals surface area (Å²) >= 11 is 0. The molecule has 0 aliphatic carbocycles. The molecule has 0 bridgehead atoms. The van der Waals surface area contributed by atoms with Crippen molar-refractivity contribution >= 4 is 5.91 Å². The normalized spacial score (nSPS) is 17.9. The van der Waals surface area contributed by atoms with Gasteiger partial charge in [0, 0.05) is 19.2 Å². The van der Waals surface area contributed by atoms with Gasteiger partial charge in [-0.1, -0.05) is 43.3 Å². The Kier molecular flexibility index (Phi) is 5.77. The van der Waals surface area contributed by atoms with E-state index in [1.165, 1.54) is 11.1 Å². The Labute approximate surface area is 156 Å². The molecular formula is C21H29N3O2. The summed E-state index contributed by atoms with van der Waals surface area (Å²) in [4.78, 5) is 17.1. The van der Waals surface area contributed by atoms with Crippen molar-refractivity contribution in [2.45, 2.75) is 51.6 Å². The van der Waals surface area contributed by atoms with Crippen molar-refractivity contribution < 1.29 is 9.32 Å². The van der Waals surface area contributed by atoms with E-state index < -0.39 is 0 Å². The molecule has 140 valence electrons. The third kappa shape index (κ3) is 4.15. The highest BCUT2D eigenvalue weighted by Crippen LogP contribution is 2.32. The van der Waals surface area contributed by atoms with Crippen LogP contribution in [0.3, 0.4) is 0 Å². The van der Waals surface area contributed by atoms with Crippen LogP contribution in [0.2, 0.25) is 0 Å². The van der Waals surface area contributed by atoms with E-state index in [1.807, 2.05) is 18.7 Å². The molecule has 1 aromatic heterocycles. The van der Waals surface area contributed by atoms with Gasteiger partial charge in [0.25, 0.3) is 5.91 Å². The van der Waals surface area contributed by atoms with E-state index in [9.17, 15) is 4.79 Å². The summed E-state index contributed by atoms with van der Waals surface area (Å²) < 4.78 is 5.34. The number of carbonyl (C=O) groups excluding carboxylic acids is 1. The summed E-state index contributed by atoms with van der Waals surface area (Å²) in [7, 11) is 4.14. The Balaban J connectivity index is 1.79. The topological polar surface area (TPSA) is 49.6 Å². The van der Waals surface area contributed by atoms with E-state index in [1.54, 1.807) is 6.07 Å². The van der Waals surface area contributed by atoms with Crippen molar-refractivity contribution in [1.29, 1.82) is 0 Å². The zero-order valence-corrected chi connectivity index (χ0v) is 16.2. The zero-order valence-electron chi connectivity index (χ0n) is 16.2. The first kappa shape index (κ1) is 18.6. The number of rotatable bonds is 5. The third-order valence-corrected chi connectivity index (χ3v) is 4.96. The summed E-state index contributed by atoms with van der Waals surface area (Å²) in [5, 5.41) is 4.04. The van der Waals surface area contributed by atoms with Crippen molar-refractivity contribution in [3.8, 4) is 0 Å². The lowest BCUT2D eigenvalue weighted by molar-refractivity contribution is 0.0569. The Morgan fingerprint density at radius 1 is 1.27 bits per heavy atom. The first-order valence-corrected chi connectivity index (χ1v) is 9.47. The lowest BCUT2D eigenvalue weighted by Gasteiger charge is -2.35. The van der Waals surface area contributed by atoms with E-state index in [4.69, 9.17) is 4.52 Å². The van der Waals surface area contributed by atoms with Gasteiger partial charge in [0.15, 0.2) is 0 Å². The molecule has 0 radical (unpaired) electrons. The molecule has 1 fully saturated rings. The Bertz CT molecular complexity index is 734. The zero-order chi connectivity index (χ0) is 18.7. The molecule has 0 saturated carbocycles. The Morgan fingerprint density at radius 3 is 2.62 bits per heavy atom. The minimum Gasteiger partial charge on any atom is -0.351 e. The minimum atomic E-state index is -0.0496. The number of piperidine rings is 1. The molecule has 0 unspecified atom stereocenters. The maximum Gasteiger partial charge on any atom is 0.292 e. The van der Waals surface area contributed by atoms with Crippen LogP contribution in [0.1, 0.15) is 72.4 Å². The van der Waals surface area contributed by atoms with Gasteiger partial charge in [0.05, 0.1) is 11.7 Å². The van der Waals surface area contributed by atoms with Crippen LogP contribution >= 0.6 is 0 Å². The summed E-state index contributed by atoms with van der Waals surface area (Å²) in [6.45, 7) is 5.78. The smallest absolute Gasteiger partial charge is 0.292 e. The molecule has 0 N–H and O–H groups in total. The van der Waals surface area contributed by atoms with Crippen LogP contribution in [0.15, 0.2) is 34.9 Å². The van der Waals surface area contributed by atoms with Gasteiger partial charge in [-0.25, -0.2) is 0 Å². The average molecular weight is 355 g/mol. The maximum atomic E-state index is 13.0.